The molecule has 10 heteroatoms. The fourth-order valence-corrected chi connectivity index (χ4v) is 0.861. The van der Waals surface area contributed by atoms with Gasteiger partial charge in [0.05, 0.1) is 26.4 Å². The highest BCUT2D eigenvalue weighted by molar-refractivity contribution is 4.90. The van der Waals surface area contributed by atoms with Gasteiger partial charge in [0.15, 0.2) is 0 Å². The van der Waals surface area contributed by atoms with Crippen LogP contribution in [0.25, 0.3) is 0 Å². The third-order valence-electron chi connectivity index (χ3n) is 1.90. The summed E-state index contributed by atoms with van der Waals surface area (Å²) < 4.78 is 98.6. The Balaban J connectivity index is 4.04. The molecule has 3 nitrogen and oxygen atoms in total. The summed E-state index contributed by atoms with van der Waals surface area (Å²) in [6.45, 7) is -2.46. The van der Waals surface area contributed by atoms with Crippen molar-refractivity contribution in [1.82, 2.24) is 0 Å². The van der Waals surface area contributed by atoms with Crippen molar-refractivity contribution >= 4 is 0 Å². The molecule has 0 heterocycles. The number of rotatable bonds is 9. The summed E-state index contributed by atoms with van der Waals surface area (Å²) in [5.41, 5.74) is 0. The first-order valence-corrected chi connectivity index (χ1v) is 5.03. The number of hydrogen-bond donors (Lipinski definition) is 0. The lowest BCUT2D eigenvalue weighted by molar-refractivity contribution is -0.361. The van der Waals surface area contributed by atoms with Crippen LogP contribution < -0.4 is 0 Å². The van der Waals surface area contributed by atoms with Gasteiger partial charge in [0, 0.05) is 7.11 Å². The van der Waals surface area contributed by atoms with Gasteiger partial charge in [0.1, 0.15) is 6.61 Å². The lowest BCUT2D eigenvalue weighted by Crippen LogP contribution is -2.54. The highest BCUT2D eigenvalue weighted by Crippen LogP contribution is 2.46. The Bertz CT molecular complexity index is 255. The van der Waals surface area contributed by atoms with Gasteiger partial charge in [-0.05, 0) is 0 Å². The van der Waals surface area contributed by atoms with E-state index in [0.717, 1.165) is 0 Å². The van der Waals surface area contributed by atoms with E-state index in [0.29, 0.717) is 0 Å². The second-order valence-corrected chi connectivity index (χ2v) is 3.43. The fourth-order valence-electron chi connectivity index (χ4n) is 0.861. The van der Waals surface area contributed by atoms with E-state index in [9.17, 15) is 30.7 Å². The Morgan fingerprint density at radius 1 is 0.737 bits per heavy atom. The smallest absolute Gasteiger partial charge is 0.382 e. The number of hydrogen-bond acceptors (Lipinski definition) is 3. The van der Waals surface area contributed by atoms with Crippen LogP contribution in [0.1, 0.15) is 0 Å². The summed E-state index contributed by atoms with van der Waals surface area (Å²) in [5, 5.41) is 0. The van der Waals surface area contributed by atoms with E-state index >= 15 is 0 Å². The highest BCUT2D eigenvalue weighted by Gasteiger charge is 2.72. The fraction of sp³-hybridized carbons (Fsp3) is 1.00. The molecule has 116 valence electrons. The van der Waals surface area contributed by atoms with Crippen LogP contribution in [0.2, 0.25) is 0 Å². The van der Waals surface area contributed by atoms with Crippen molar-refractivity contribution in [1.29, 1.82) is 0 Å². The monoisotopic (exact) mass is 302 g/mol. The molecule has 0 aliphatic carbocycles. The zero-order valence-corrected chi connectivity index (χ0v) is 9.91. The molecule has 0 aromatic rings. The van der Waals surface area contributed by atoms with Crippen molar-refractivity contribution in [2.24, 2.45) is 0 Å². The van der Waals surface area contributed by atoms with Crippen molar-refractivity contribution in [2.45, 2.75) is 18.0 Å². The van der Waals surface area contributed by atoms with Crippen molar-refractivity contribution < 1.29 is 44.9 Å². The van der Waals surface area contributed by atoms with Crippen molar-refractivity contribution in [3.8, 4) is 0 Å². The summed E-state index contributed by atoms with van der Waals surface area (Å²) in [4.78, 5) is 0. The maximum Gasteiger partial charge on any atom is 0.459 e. The third-order valence-corrected chi connectivity index (χ3v) is 1.90. The van der Waals surface area contributed by atoms with Gasteiger partial charge in [0.25, 0.3) is 0 Å². The minimum absolute atomic E-state index is 0.120. The number of alkyl halides is 7. The zero-order chi connectivity index (χ0) is 15.2. The normalized spacial score (nSPS) is 13.9. The Kier molecular flexibility index (Phi) is 7.01. The zero-order valence-electron chi connectivity index (χ0n) is 9.91. The van der Waals surface area contributed by atoms with E-state index in [1.54, 1.807) is 0 Å². The Morgan fingerprint density at radius 2 is 1.21 bits per heavy atom. The summed E-state index contributed by atoms with van der Waals surface area (Å²) >= 11 is 0. The number of halogens is 7. The quantitative estimate of drug-likeness (QED) is 0.484. The van der Waals surface area contributed by atoms with Gasteiger partial charge in [-0.25, -0.2) is 0 Å². The average molecular weight is 302 g/mol. The minimum Gasteiger partial charge on any atom is -0.382 e. The second kappa shape index (κ2) is 7.25. The predicted octanol–water partition coefficient (Wildman–Crippen LogP) is 2.50. The van der Waals surface area contributed by atoms with Crippen molar-refractivity contribution in [3.63, 3.8) is 0 Å². The van der Waals surface area contributed by atoms with Gasteiger partial charge in [-0.15, -0.1) is 0 Å². The summed E-state index contributed by atoms with van der Waals surface area (Å²) in [6.07, 6.45) is -6.34. The van der Waals surface area contributed by atoms with E-state index < -0.39 is 31.2 Å². The number of ether oxygens (including phenoxy) is 3. The summed E-state index contributed by atoms with van der Waals surface area (Å²) in [5.74, 6) is -11.5. The van der Waals surface area contributed by atoms with Gasteiger partial charge in [-0.1, -0.05) is 0 Å². The first kappa shape index (κ1) is 18.4. The van der Waals surface area contributed by atoms with Gasteiger partial charge in [-0.2, -0.15) is 30.7 Å². The molecule has 0 N–H and O–H groups in total. The summed E-state index contributed by atoms with van der Waals surface area (Å²) in [7, 11) is 1.39. The number of methoxy groups -OCH3 is 1. The lowest BCUT2D eigenvalue weighted by atomic mass is 10.2. The molecule has 0 spiro atoms. The predicted molar refractivity (Wildman–Crippen MR) is 49.5 cm³/mol. The molecule has 0 radical (unpaired) electrons. The minimum atomic E-state index is -6.34. The van der Waals surface area contributed by atoms with Crippen LogP contribution in [0.3, 0.4) is 0 Å². The van der Waals surface area contributed by atoms with Crippen LogP contribution in [-0.4, -0.2) is 58.2 Å². The SMILES string of the molecule is COCCOCCOCC(F)(F)C(F)(F)C(F)(F)F. The standard InChI is InChI=1S/C9H13F7O3/c1-17-2-3-18-4-5-19-6-7(10,11)8(12,13)9(14,15)16/h2-6H2,1H3. The largest absolute Gasteiger partial charge is 0.459 e. The highest BCUT2D eigenvalue weighted by atomic mass is 19.4. The Hall–Kier alpha value is -0.610. The summed E-state index contributed by atoms with van der Waals surface area (Å²) in [6, 6.07) is 0. The van der Waals surface area contributed by atoms with E-state index in [-0.39, 0.29) is 19.8 Å². The molecule has 0 saturated heterocycles. The third kappa shape index (κ3) is 5.49. The van der Waals surface area contributed by atoms with Crippen molar-refractivity contribution in [3.05, 3.63) is 0 Å². The molecule has 0 unspecified atom stereocenters. The van der Waals surface area contributed by atoms with Crippen LogP contribution in [0.15, 0.2) is 0 Å². The average Bonchev–Trinajstić information content (AvgIpc) is 2.26. The van der Waals surface area contributed by atoms with Gasteiger partial charge >= 0.3 is 18.0 Å². The molecule has 0 amide bonds. The molecular weight excluding hydrogens is 289 g/mol. The van der Waals surface area contributed by atoms with Crippen LogP contribution >= 0.6 is 0 Å². The van der Waals surface area contributed by atoms with Crippen LogP contribution in [0, 0.1) is 0 Å². The Morgan fingerprint density at radius 3 is 1.68 bits per heavy atom. The molecule has 0 aliphatic heterocycles. The van der Waals surface area contributed by atoms with Crippen LogP contribution in [-0.2, 0) is 14.2 Å². The molecule has 19 heavy (non-hydrogen) atoms. The van der Waals surface area contributed by atoms with Crippen LogP contribution in [0.4, 0.5) is 30.7 Å². The van der Waals surface area contributed by atoms with Gasteiger partial charge in [-0.3, -0.25) is 0 Å². The topological polar surface area (TPSA) is 27.7 Å². The molecule has 0 aliphatic rings. The van der Waals surface area contributed by atoms with E-state index in [4.69, 9.17) is 4.74 Å². The maximum atomic E-state index is 12.7. The first-order valence-electron chi connectivity index (χ1n) is 5.03. The van der Waals surface area contributed by atoms with Gasteiger partial charge in [0.2, 0.25) is 0 Å². The van der Waals surface area contributed by atoms with Gasteiger partial charge < -0.3 is 14.2 Å². The van der Waals surface area contributed by atoms with E-state index in [2.05, 4.69) is 9.47 Å². The van der Waals surface area contributed by atoms with E-state index in [1.807, 2.05) is 0 Å². The second-order valence-electron chi connectivity index (χ2n) is 3.43. The van der Waals surface area contributed by atoms with Crippen LogP contribution in [0.5, 0.6) is 0 Å². The molecule has 0 atom stereocenters. The molecule has 0 rings (SSSR count). The Labute approximate surface area is 104 Å². The molecule has 0 fully saturated rings. The maximum absolute atomic E-state index is 12.7. The lowest BCUT2D eigenvalue weighted by Gasteiger charge is -2.27. The molecule has 0 aromatic heterocycles. The van der Waals surface area contributed by atoms with E-state index in [1.165, 1.54) is 7.11 Å². The molecule has 0 saturated carbocycles. The molecular formula is C9H13F7O3. The van der Waals surface area contributed by atoms with Crippen molar-refractivity contribution in [2.75, 3.05) is 40.1 Å². The first-order chi connectivity index (χ1) is 8.56. The molecule has 0 aromatic carbocycles. The molecule has 0 bridgehead atoms.